The molecular formula is C19H14F2N6O5. The third-order valence-corrected chi connectivity index (χ3v) is 4.25. The number of hydrogen-bond donors (Lipinski definition) is 0. The molecule has 0 unspecified atom stereocenters. The van der Waals surface area contributed by atoms with Gasteiger partial charge in [-0.05, 0) is 18.2 Å². The van der Waals surface area contributed by atoms with E-state index in [0.29, 0.717) is 17.0 Å². The third kappa shape index (κ3) is 4.50. The summed E-state index contributed by atoms with van der Waals surface area (Å²) in [7, 11) is 1.32. The molecule has 0 atom stereocenters. The first kappa shape index (κ1) is 20.8. The van der Waals surface area contributed by atoms with Gasteiger partial charge in [-0.25, -0.2) is 9.67 Å². The van der Waals surface area contributed by atoms with Crippen LogP contribution in [0.2, 0.25) is 0 Å². The number of nitro benzene ring substituents is 1. The normalized spacial score (nSPS) is 11.0. The Hall–Kier alpha value is -4.42. The fraction of sp³-hybridized carbons (Fsp3) is 0.158. The highest BCUT2D eigenvalue weighted by Gasteiger charge is 2.16. The summed E-state index contributed by atoms with van der Waals surface area (Å²) in [6, 6.07) is 10.2. The monoisotopic (exact) mass is 444 g/mol. The van der Waals surface area contributed by atoms with E-state index >= 15 is 0 Å². The van der Waals surface area contributed by atoms with Gasteiger partial charge in [-0.2, -0.15) is 18.9 Å². The number of hydrogen-bond acceptors (Lipinski definition) is 9. The molecule has 0 spiro atoms. The van der Waals surface area contributed by atoms with Crippen LogP contribution in [-0.2, 0) is 6.54 Å². The number of benzene rings is 2. The van der Waals surface area contributed by atoms with Gasteiger partial charge >= 0.3 is 6.61 Å². The van der Waals surface area contributed by atoms with Crippen molar-refractivity contribution >= 4 is 5.69 Å². The van der Waals surface area contributed by atoms with E-state index in [1.54, 1.807) is 12.1 Å². The van der Waals surface area contributed by atoms with E-state index in [2.05, 4.69) is 25.0 Å². The zero-order valence-corrected chi connectivity index (χ0v) is 16.4. The third-order valence-electron chi connectivity index (χ3n) is 4.25. The average Bonchev–Trinajstić information content (AvgIpc) is 3.44. The van der Waals surface area contributed by atoms with Crippen molar-refractivity contribution in [2.75, 3.05) is 7.11 Å². The summed E-state index contributed by atoms with van der Waals surface area (Å²) in [6.07, 6.45) is 1.43. The number of methoxy groups -OCH3 is 1. The van der Waals surface area contributed by atoms with Gasteiger partial charge < -0.3 is 14.0 Å². The fourth-order valence-corrected chi connectivity index (χ4v) is 2.84. The Balaban J connectivity index is 1.51. The summed E-state index contributed by atoms with van der Waals surface area (Å²) in [5.74, 6) is 0.689. The van der Waals surface area contributed by atoms with Gasteiger partial charge in [0.15, 0.2) is 17.3 Å². The number of halogens is 2. The summed E-state index contributed by atoms with van der Waals surface area (Å²) in [5.41, 5.74) is 0.887. The summed E-state index contributed by atoms with van der Waals surface area (Å²) in [4.78, 5) is 18.9. The van der Waals surface area contributed by atoms with Gasteiger partial charge in [0.25, 0.3) is 5.69 Å². The van der Waals surface area contributed by atoms with E-state index in [4.69, 9.17) is 9.26 Å². The smallest absolute Gasteiger partial charge is 0.387 e. The highest BCUT2D eigenvalue weighted by atomic mass is 19.3. The molecule has 0 aliphatic carbocycles. The molecule has 2 heterocycles. The largest absolute Gasteiger partial charge is 0.493 e. The van der Waals surface area contributed by atoms with Crippen LogP contribution >= 0.6 is 0 Å². The van der Waals surface area contributed by atoms with Crippen molar-refractivity contribution in [3.63, 3.8) is 0 Å². The minimum Gasteiger partial charge on any atom is -0.493 e. The number of rotatable bonds is 8. The van der Waals surface area contributed by atoms with Gasteiger partial charge in [0.05, 0.1) is 12.0 Å². The van der Waals surface area contributed by atoms with Crippen molar-refractivity contribution in [3.05, 3.63) is 64.8 Å². The Morgan fingerprint density at radius 1 is 1.16 bits per heavy atom. The van der Waals surface area contributed by atoms with E-state index < -0.39 is 11.5 Å². The first-order valence-corrected chi connectivity index (χ1v) is 9.03. The predicted molar refractivity (Wildman–Crippen MR) is 104 cm³/mol. The fourth-order valence-electron chi connectivity index (χ4n) is 2.84. The van der Waals surface area contributed by atoms with Crippen LogP contribution in [0, 0.1) is 10.1 Å². The van der Waals surface area contributed by atoms with Crippen LogP contribution in [0.5, 0.6) is 11.5 Å². The maximum atomic E-state index is 12.5. The molecule has 2 aromatic carbocycles. The van der Waals surface area contributed by atoms with Gasteiger partial charge in [-0.15, -0.1) is 0 Å². The number of alkyl halides is 2. The summed E-state index contributed by atoms with van der Waals surface area (Å²) < 4.78 is 41.1. The van der Waals surface area contributed by atoms with Gasteiger partial charge in [0.2, 0.25) is 11.7 Å². The second-order valence-corrected chi connectivity index (χ2v) is 6.33. The average molecular weight is 444 g/mol. The number of ether oxygens (including phenoxy) is 2. The number of aromatic nitrogens is 5. The van der Waals surface area contributed by atoms with Crippen LogP contribution in [0.25, 0.3) is 22.8 Å². The molecule has 0 saturated carbocycles. The minimum atomic E-state index is -2.99. The van der Waals surface area contributed by atoms with E-state index in [-0.39, 0.29) is 35.4 Å². The molecule has 0 bridgehead atoms. The van der Waals surface area contributed by atoms with Crippen LogP contribution in [0.1, 0.15) is 5.89 Å². The van der Waals surface area contributed by atoms with Crippen molar-refractivity contribution in [2.24, 2.45) is 0 Å². The van der Waals surface area contributed by atoms with Gasteiger partial charge in [0.1, 0.15) is 12.9 Å². The lowest BCUT2D eigenvalue weighted by Crippen LogP contribution is -2.03. The highest BCUT2D eigenvalue weighted by Crippen LogP contribution is 2.32. The lowest BCUT2D eigenvalue weighted by atomic mass is 10.2. The van der Waals surface area contributed by atoms with Crippen molar-refractivity contribution in [2.45, 2.75) is 13.2 Å². The first-order valence-electron chi connectivity index (χ1n) is 9.03. The van der Waals surface area contributed by atoms with Gasteiger partial charge in [-0.1, -0.05) is 17.3 Å². The van der Waals surface area contributed by atoms with Crippen LogP contribution in [0.3, 0.4) is 0 Å². The molecule has 4 aromatic rings. The Bertz CT molecular complexity index is 1260. The molecule has 0 N–H and O–H groups in total. The van der Waals surface area contributed by atoms with Gasteiger partial charge in [-0.3, -0.25) is 10.1 Å². The molecular weight excluding hydrogens is 430 g/mol. The first-order chi connectivity index (χ1) is 15.4. The molecule has 32 heavy (non-hydrogen) atoms. The lowest BCUT2D eigenvalue weighted by molar-refractivity contribution is -0.384. The molecule has 4 rings (SSSR count). The second-order valence-electron chi connectivity index (χ2n) is 6.33. The van der Waals surface area contributed by atoms with Crippen LogP contribution in [0.15, 0.2) is 53.3 Å². The van der Waals surface area contributed by atoms with Gasteiger partial charge in [0, 0.05) is 23.3 Å². The standard InChI is InChI=1S/C19H14F2N6O5/c1-30-15-8-12(5-6-14(15)31-19(20)21)18-23-16(32-25-18)9-26-10-22-17(24-26)11-3-2-4-13(7-11)27(28)29/h2-8,10,19H,9H2,1H3. The summed E-state index contributed by atoms with van der Waals surface area (Å²) in [5, 5.41) is 19.1. The van der Waals surface area contributed by atoms with Crippen molar-refractivity contribution in [3.8, 4) is 34.3 Å². The summed E-state index contributed by atoms with van der Waals surface area (Å²) >= 11 is 0. The Morgan fingerprint density at radius 2 is 1.97 bits per heavy atom. The molecule has 11 nitrogen and oxygen atoms in total. The van der Waals surface area contributed by atoms with Crippen LogP contribution in [0.4, 0.5) is 14.5 Å². The molecule has 0 aliphatic rings. The van der Waals surface area contributed by atoms with Crippen LogP contribution in [-0.4, -0.2) is 43.5 Å². The highest BCUT2D eigenvalue weighted by molar-refractivity contribution is 5.61. The lowest BCUT2D eigenvalue weighted by Gasteiger charge is -2.10. The van der Waals surface area contributed by atoms with E-state index in [0.717, 1.165) is 0 Å². The quantitative estimate of drug-likeness (QED) is 0.296. The number of non-ortho nitro benzene ring substituents is 1. The zero-order chi connectivity index (χ0) is 22.7. The predicted octanol–water partition coefficient (Wildman–Crippen LogP) is 3.56. The minimum absolute atomic E-state index is 0.0687. The van der Waals surface area contributed by atoms with Crippen LogP contribution < -0.4 is 9.47 Å². The molecule has 13 heteroatoms. The maximum Gasteiger partial charge on any atom is 0.387 e. The summed E-state index contributed by atoms with van der Waals surface area (Å²) in [6.45, 7) is -2.89. The van der Waals surface area contributed by atoms with Crippen molar-refractivity contribution in [1.82, 2.24) is 24.9 Å². The van der Waals surface area contributed by atoms with Crippen molar-refractivity contribution in [1.29, 1.82) is 0 Å². The maximum absolute atomic E-state index is 12.5. The number of nitro groups is 1. The zero-order valence-electron chi connectivity index (χ0n) is 16.4. The van der Waals surface area contributed by atoms with E-state index in [1.807, 2.05) is 0 Å². The Morgan fingerprint density at radius 3 is 2.72 bits per heavy atom. The second kappa shape index (κ2) is 8.75. The molecule has 0 fully saturated rings. The number of nitrogens with zero attached hydrogens (tertiary/aromatic N) is 6. The molecule has 0 amide bonds. The molecule has 0 saturated heterocycles. The van der Waals surface area contributed by atoms with E-state index in [1.165, 1.54) is 48.5 Å². The molecule has 0 radical (unpaired) electrons. The Labute approximate surface area is 178 Å². The molecule has 0 aliphatic heterocycles. The van der Waals surface area contributed by atoms with Crippen molar-refractivity contribution < 1.29 is 27.7 Å². The SMILES string of the molecule is COc1cc(-c2noc(Cn3cnc(-c4cccc([N+](=O)[O-])c4)n3)n2)ccc1OC(F)F. The molecule has 164 valence electrons. The molecule has 2 aromatic heterocycles. The van der Waals surface area contributed by atoms with E-state index in [9.17, 15) is 18.9 Å². The Kier molecular flexibility index (Phi) is 5.70. The topological polar surface area (TPSA) is 131 Å².